The van der Waals surface area contributed by atoms with Crippen molar-refractivity contribution in [3.63, 3.8) is 0 Å². The number of ether oxygens (including phenoxy) is 1. The minimum Gasteiger partial charge on any atom is -0.396 e. The summed E-state index contributed by atoms with van der Waals surface area (Å²) in [7, 11) is 0. The molecule has 0 aromatic carbocycles. The maximum atomic E-state index is 5.80. The first-order chi connectivity index (χ1) is 6.33. The molecule has 2 N–H and O–H groups in total. The zero-order chi connectivity index (χ0) is 9.26. The average Bonchev–Trinajstić information content (AvgIpc) is 2.71. The van der Waals surface area contributed by atoms with E-state index in [-0.39, 0.29) is 0 Å². The molecule has 1 aromatic rings. The summed E-state index contributed by atoms with van der Waals surface area (Å²) in [6, 6.07) is 0.396. The van der Waals surface area contributed by atoms with Crippen molar-refractivity contribution in [2.24, 2.45) is 0 Å². The van der Waals surface area contributed by atoms with Gasteiger partial charge in [0.1, 0.15) is 0 Å². The molecule has 1 atom stereocenters. The first kappa shape index (κ1) is 8.56. The third kappa shape index (κ3) is 1.42. The van der Waals surface area contributed by atoms with E-state index in [0.29, 0.717) is 6.04 Å². The van der Waals surface area contributed by atoms with Gasteiger partial charge in [-0.05, 0) is 12.8 Å². The topological polar surface area (TPSA) is 53.1 Å². The van der Waals surface area contributed by atoms with Crippen LogP contribution in [0.25, 0.3) is 0 Å². The highest BCUT2D eigenvalue weighted by Gasteiger charge is 2.21. The van der Waals surface area contributed by atoms with Crippen LogP contribution >= 0.6 is 0 Å². The van der Waals surface area contributed by atoms with Gasteiger partial charge in [-0.25, -0.2) is 0 Å². The Morgan fingerprint density at radius 1 is 1.77 bits per heavy atom. The second-order valence-corrected chi connectivity index (χ2v) is 3.36. The molecule has 0 saturated carbocycles. The van der Waals surface area contributed by atoms with Crippen molar-refractivity contribution in [2.45, 2.75) is 25.8 Å². The Hall–Kier alpha value is -1.03. The summed E-state index contributed by atoms with van der Waals surface area (Å²) in [5.74, 6) is 0. The number of nitrogen functional groups attached to an aromatic ring is 1. The fourth-order valence-corrected chi connectivity index (χ4v) is 1.80. The van der Waals surface area contributed by atoms with Gasteiger partial charge in [0.25, 0.3) is 0 Å². The van der Waals surface area contributed by atoms with E-state index >= 15 is 0 Å². The van der Waals surface area contributed by atoms with Crippen molar-refractivity contribution in [3.8, 4) is 0 Å². The molecule has 2 heterocycles. The predicted octanol–water partition coefficient (Wildman–Crippen LogP) is 0.989. The molecule has 0 spiro atoms. The molecule has 1 unspecified atom stereocenters. The van der Waals surface area contributed by atoms with Gasteiger partial charge in [-0.15, -0.1) is 0 Å². The minimum atomic E-state index is 0.396. The second kappa shape index (κ2) is 3.38. The van der Waals surface area contributed by atoms with Crippen LogP contribution in [-0.2, 0) is 11.2 Å². The lowest BCUT2D eigenvalue weighted by atomic mass is 10.2. The number of nitrogens with zero attached hydrogens (tertiary/aromatic N) is 2. The standard InChI is InChI=1S/C9H15N3O/c1-2-9-8(10)5-11-12(9)7-3-4-13-6-7/h5,7H,2-4,6,10H2,1H3. The van der Waals surface area contributed by atoms with Gasteiger partial charge in [-0.3, -0.25) is 4.68 Å². The van der Waals surface area contributed by atoms with Crippen LogP contribution in [-0.4, -0.2) is 23.0 Å². The normalized spacial score (nSPS) is 22.4. The number of hydrogen-bond acceptors (Lipinski definition) is 3. The molecule has 2 rings (SSSR count). The number of nitrogens with two attached hydrogens (primary N) is 1. The quantitative estimate of drug-likeness (QED) is 0.740. The lowest BCUT2D eigenvalue weighted by Crippen LogP contribution is -2.13. The van der Waals surface area contributed by atoms with Crippen LogP contribution < -0.4 is 5.73 Å². The molecule has 1 aliphatic heterocycles. The van der Waals surface area contributed by atoms with Crippen LogP contribution in [0.2, 0.25) is 0 Å². The Balaban J connectivity index is 2.27. The molecular formula is C9H15N3O. The molecule has 1 aromatic heterocycles. The van der Waals surface area contributed by atoms with Crippen LogP contribution in [0.15, 0.2) is 6.20 Å². The largest absolute Gasteiger partial charge is 0.396 e. The summed E-state index contributed by atoms with van der Waals surface area (Å²) in [6.45, 7) is 3.71. The van der Waals surface area contributed by atoms with E-state index in [1.807, 2.05) is 4.68 Å². The maximum Gasteiger partial charge on any atom is 0.0778 e. The summed E-state index contributed by atoms with van der Waals surface area (Å²) < 4.78 is 7.33. The van der Waals surface area contributed by atoms with E-state index < -0.39 is 0 Å². The summed E-state index contributed by atoms with van der Waals surface area (Å²) in [5.41, 5.74) is 7.73. The molecule has 4 nitrogen and oxygen atoms in total. The Kier molecular flexibility index (Phi) is 2.22. The third-order valence-electron chi connectivity index (χ3n) is 2.52. The van der Waals surface area contributed by atoms with Gasteiger partial charge in [0.2, 0.25) is 0 Å². The molecule has 13 heavy (non-hydrogen) atoms. The Morgan fingerprint density at radius 3 is 3.23 bits per heavy atom. The summed E-state index contributed by atoms with van der Waals surface area (Å²) in [6.07, 6.45) is 3.72. The van der Waals surface area contributed by atoms with E-state index in [9.17, 15) is 0 Å². The SMILES string of the molecule is CCc1c(N)cnn1C1CCOC1. The molecule has 1 fully saturated rings. The summed E-state index contributed by atoms with van der Waals surface area (Å²) in [5, 5.41) is 4.28. The highest BCUT2D eigenvalue weighted by atomic mass is 16.5. The third-order valence-corrected chi connectivity index (χ3v) is 2.52. The van der Waals surface area contributed by atoms with Crippen molar-refractivity contribution in [3.05, 3.63) is 11.9 Å². The highest BCUT2D eigenvalue weighted by Crippen LogP contribution is 2.23. The summed E-state index contributed by atoms with van der Waals surface area (Å²) in [4.78, 5) is 0. The Morgan fingerprint density at radius 2 is 2.62 bits per heavy atom. The molecule has 0 amide bonds. The van der Waals surface area contributed by atoms with E-state index in [1.165, 1.54) is 0 Å². The van der Waals surface area contributed by atoms with Crippen molar-refractivity contribution in [2.75, 3.05) is 18.9 Å². The lowest BCUT2D eigenvalue weighted by molar-refractivity contribution is 0.184. The smallest absolute Gasteiger partial charge is 0.0778 e. The van der Waals surface area contributed by atoms with Crippen LogP contribution in [0.5, 0.6) is 0 Å². The van der Waals surface area contributed by atoms with Crippen molar-refractivity contribution in [1.29, 1.82) is 0 Å². The molecule has 0 aliphatic carbocycles. The van der Waals surface area contributed by atoms with Crippen LogP contribution in [0.1, 0.15) is 25.1 Å². The van der Waals surface area contributed by atoms with Gasteiger partial charge < -0.3 is 10.5 Å². The average molecular weight is 181 g/mol. The second-order valence-electron chi connectivity index (χ2n) is 3.36. The van der Waals surface area contributed by atoms with Crippen molar-refractivity contribution >= 4 is 5.69 Å². The molecule has 0 bridgehead atoms. The highest BCUT2D eigenvalue weighted by molar-refractivity contribution is 5.41. The molecule has 4 heteroatoms. The molecule has 72 valence electrons. The van der Waals surface area contributed by atoms with E-state index in [0.717, 1.165) is 37.4 Å². The van der Waals surface area contributed by atoms with Crippen molar-refractivity contribution in [1.82, 2.24) is 9.78 Å². The summed E-state index contributed by atoms with van der Waals surface area (Å²) >= 11 is 0. The Bertz CT molecular complexity index is 289. The Labute approximate surface area is 77.7 Å². The number of aromatic nitrogens is 2. The lowest BCUT2D eigenvalue weighted by Gasteiger charge is -2.11. The number of anilines is 1. The predicted molar refractivity (Wildman–Crippen MR) is 50.5 cm³/mol. The molecule has 1 saturated heterocycles. The molecule has 0 radical (unpaired) electrons. The van der Waals surface area contributed by atoms with Gasteiger partial charge in [0.15, 0.2) is 0 Å². The molecule has 1 aliphatic rings. The van der Waals surface area contributed by atoms with Crippen molar-refractivity contribution < 1.29 is 4.74 Å². The van der Waals surface area contributed by atoms with E-state index in [1.54, 1.807) is 6.20 Å². The maximum absolute atomic E-state index is 5.80. The van der Waals surface area contributed by atoms with Crippen LogP contribution in [0.3, 0.4) is 0 Å². The van der Waals surface area contributed by atoms with Gasteiger partial charge >= 0.3 is 0 Å². The number of hydrogen-bond donors (Lipinski definition) is 1. The minimum absolute atomic E-state index is 0.396. The van der Waals surface area contributed by atoms with E-state index in [2.05, 4.69) is 12.0 Å². The van der Waals surface area contributed by atoms with E-state index in [4.69, 9.17) is 10.5 Å². The molecular weight excluding hydrogens is 166 g/mol. The van der Waals surface area contributed by atoms with Gasteiger partial charge in [-0.2, -0.15) is 5.10 Å². The van der Waals surface area contributed by atoms with Gasteiger partial charge in [0.05, 0.1) is 30.2 Å². The van der Waals surface area contributed by atoms with Gasteiger partial charge in [0, 0.05) is 6.61 Å². The van der Waals surface area contributed by atoms with Gasteiger partial charge in [-0.1, -0.05) is 6.92 Å². The van der Waals surface area contributed by atoms with Crippen LogP contribution in [0, 0.1) is 0 Å². The van der Waals surface area contributed by atoms with Crippen LogP contribution in [0.4, 0.5) is 5.69 Å². The monoisotopic (exact) mass is 181 g/mol. The number of rotatable bonds is 2. The fourth-order valence-electron chi connectivity index (χ4n) is 1.80. The zero-order valence-corrected chi connectivity index (χ0v) is 7.86. The zero-order valence-electron chi connectivity index (χ0n) is 7.86. The first-order valence-corrected chi connectivity index (χ1v) is 4.72. The first-order valence-electron chi connectivity index (χ1n) is 4.72. The fraction of sp³-hybridized carbons (Fsp3) is 0.667.